The predicted molar refractivity (Wildman–Crippen MR) is 107 cm³/mol. The number of primary sulfonamides is 1. The zero-order valence-electron chi connectivity index (χ0n) is 14.6. The van der Waals surface area contributed by atoms with E-state index in [4.69, 9.17) is 5.14 Å². The number of sulfonamides is 1. The van der Waals surface area contributed by atoms with Crippen molar-refractivity contribution >= 4 is 37.5 Å². The molecule has 7 nitrogen and oxygen atoms in total. The molecule has 2 aromatic carbocycles. The number of aromatic nitrogens is 2. The van der Waals surface area contributed by atoms with E-state index in [0.29, 0.717) is 10.2 Å². The van der Waals surface area contributed by atoms with Crippen molar-refractivity contribution in [3.8, 4) is 5.69 Å². The lowest BCUT2D eigenvalue weighted by Gasteiger charge is -2.10. The molecule has 0 saturated carbocycles. The first kappa shape index (κ1) is 19.3. The average Bonchev–Trinajstić information content (AvgIpc) is 2.94. The summed E-state index contributed by atoms with van der Waals surface area (Å²) in [6.45, 7) is 3.92. The maximum absolute atomic E-state index is 12.4. The molecular weight excluding hydrogens is 432 g/mol. The van der Waals surface area contributed by atoms with Crippen LogP contribution >= 0.6 is 15.9 Å². The monoisotopic (exact) mass is 448 g/mol. The van der Waals surface area contributed by atoms with E-state index in [-0.39, 0.29) is 10.5 Å². The topological polar surface area (TPSA) is 107 Å². The van der Waals surface area contributed by atoms with Crippen LogP contribution in [0, 0.1) is 13.8 Å². The molecule has 0 fully saturated rings. The van der Waals surface area contributed by atoms with Crippen molar-refractivity contribution in [1.29, 1.82) is 0 Å². The Kier molecular flexibility index (Phi) is 5.18. The van der Waals surface area contributed by atoms with Gasteiger partial charge in [0.15, 0.2) is 0 Å². The van der Waals surface area contributed by atoms with Crippen LogP contribution in [0.5, 0.6) is 0 Å². The summed E-state index contributed by atoms with van der Waals surface area (Å²) in [5, 5.41) is 7.91. The molecule has 0 aliphatic heterocycles. The van der Waals surface area contributed by atoms with E-state index in [1.807, 2.05) is 30.5 Å². The maximum atomic E-state index is 12.4. The molecule has 0 radical (unpaired) electrons. The molecule has 0 aliphatic carbocycles. The van der Waals surface area contributed by atoms with Crippen molar-refractivity contribution in [2.45, 2.75) is 18.7 Å². The van der Waals surface area contributed by atoms with Gasteiger partial charge in [-0.3, -0.25) is 4.79 Å². The fourth-order valence-corrected chi connectivity index (χ4v) is 4.08. The van der Waals surface area contributed by atoms with Crippen molar-refractivity contribution in [2.75, 3.05) is 5.32 Å². The Balaban J connectivity index is 1.82. The standard InChI is InChI=1S/C18H17BrN4O3S/c1-11-12(2)23(10-21-11)15-6-4-14(5-7-15)22-18(24)13-3-8-16(19)17(9-13)27(20,25)26/h3-10H,1-2H3,(H,22,24)(H2,20,25,26). The molecule has 3 aromatic rings. The van der Waals surface area contributed by atoms with Crippen LogP contribution in [0.25, 0.3) is 5.69 Å². The Morgan fingerprint density at radius 3 is 2.37 bits per heavy atom. The quantitative estimate of drug-likeness (QED) is 0.638. The second-order valence-electron chi connectivity index (χ2n) is 5.98. The normalized spacial score (nSPS) is 11.4. The number of imidazole rings is 1. The van der Waals surface area contributed by atoms with E-state index in [9.17, 15) is 13.2 Å². The minimum atomic E-state index is -3.94. The molecule has 140 valence electrons. The van der Waals surface area contributed by atoms with Crippen molar-refractivity contribution in [2.24, 2.45) is 5.14 Å². The number of anilines is 1. The number of nitrogens with zero attached hydrogens (tertiary/aromatic N) is 2. The van der Waals surface area contributed by atoms with Crippen LogP contribution in [-0.2, 0) is 10.0 Å². The maximum Gasteiger partial charge on any atom is 0.255 e. The lowest BCUT2D eigenvalue weighted by Crippen LogP contribution is -2.16. The van der Waals surface area contributed by atoms with Gasteiger partial charge in [0.25, 0.3) is 5.91 Å². The summed E-state index contributed by atoms with van der Waals surface area (Å²) >= 11 is 3.12. The first-order valence-electron chi connectivity index (χ1n) is 7.91. The molecule has 3 rings (SSSR count). The van der Waals surface area contributed by atoms with Crippen molar-refractivity contribution < 1.29 is 13.2 Å². The summed E-state index contributed by atoms with van der Waals surface area (Å²) in [6, 6.07) is 11.5. The summed E-state index contributed by atoms with van der Waals surface area (Å²) in [5.74, 6) is -0.435. The minimum absolute atomic E-state index is 0.142. The molecule has 0 aliphatic rings. The molecule has 9 heteroatoms. The Morgan fingerprint density at radius 1 is 1.15 bits per heavy atom. The van der Waals surface area contributed by atoms with Gasteiger partial charge in [-0.15, -0.1) is 0 Å². The summed E-state index contributed by atoms with van der Waals surface area (Å²) in [5.41, 5.74) is 3.68. The molecule has 0 saturated heterocycles. The smallest absolute Gasteiger partial charge is 0.255 e. The molecular formula is C18H17BrN4O3S. The van der Waals surface area contributed by atoms with Gasteiger partial charge in [-0.2, -0.15) is 0 Å². The first-order valence-corrected chi connectivity index (χ1v) is 10.3. The number of carbonyl (C=O) groups is 1. The zero-order valence-corrected chi connectivity index (χ0v) is 17.0. The van der Waals surface area contributed by atoms with Gasteiger partial charge in [0.2, 0.25) is 10.0 Å². The number of nitrogens with two attached hydrogens (primary N) is 1. The van der Waals surface area contributed by atoms with E-state index >= 15 is 0 Å². The van der Waals surface area contributed by atoms with Crippen LogP contribution in [0.2, 0.25) is 0 Å². The number of hydrogen-bond acceptors (Lipinski definition) is 4. The number of benzene rings is 2. The molecule has 0 bridgehead atoms. The third-order valence-corrected chi connectivity index (χ3v) is 6.06. The van der Waals surface area contributed by atoms with Gasteiger partial charge in [-0.1, -0.05) is 0 Å². The highest BCUT2D eigenvalue weighted by atomic mass is 79.9. The van der Waals surface area contributed by atoms with Crippen molar-refractivity contribution in [3.63, 3.8) is 0 Å². The fourth-order valence-electron chi connectivity index (χ4n) is 2.53. The van der Waals surface area contributed by atoms with Gasteiger partial charge in [-0.05, 0) is 72.2 Å². The van der Waals surface area contributed by atoms with E-state index in [2.05, 4.69) is 26.2 Å². The summed E-state index contributed by atoms with van der Waals surface area (Å²) in [6.07, 6.45) is 1.74. The zero-order chi connectivity index (χ0) is 19.8. The number of carbonyl (C=O) groups excluding carboxylic acids is 1. The van der Waals surface area contributed by atoms with Gasteiger partial charge in [0.05, 0.1) is 16.9 Å². The van der Waals surface area contributed by atoms with Crippen LogP contribution in [0.1, 0.15) is 21.7 Å². The number of halogens is 1. The lowest BCUT2D eigenvalue weighted by atomic mass is 10.2. The van der Waals surface area contributed by atoms with Gasteiger partial charge in [0, 0.05) is 27.1 Å². The van der Waals surface area contributed by atoms with Crippen LogP contribution in [0.15, 0.2) is 58.2 Å². The highest BCUT2D eigenvalue weighted by Gasteiger charge is 2.16. The van der Waals surface area contributed by atoms with Crippen molar-refractivity contribution in [3.05, 3.63) is 70.2 Å². The van der Waals surface area contributed by atoms with Crippen molar-refractivity contribution in [1.82, 2.24) is 9.55 Å². The van der Waals surface area contributed by atoms with E-state index in [1.54, 1.807) is 18.5 Å². The Bertz CT molecular complexity index is 1120. The molecule has 3 N–H and O–H groups in total. The molecule has 0 unspecified atom stereocenters. The number of rotatable bonds is 4. The van der Waals surface area contributed by atoms with Crippen LogP contribution in [0.3, 0.4) is 0 Å². The molecule has 1 amide bonds. The first-order chi connectivity index (χ1) is 12.7. The SMILES string of the molecule is Cc1ncn(-c2ccc(NC(=O)c3ccc(Br)c(S(N)(=O)=O)c3)cc2)c1C. The fraction of sp³-hybridized carbons (Fsp3) is 0.111. The van der Waals surface area contributed by atoms with E-state index in [0.717, 1.165) is 17.1 Å². The van der Waals surface area contributed by atoms with Crippen LogP contribution in [-0.4, -0.2) is 23.9 Å². The third kappa shape index (κ3) is 4.10. The highest BCUT2D eigenvalue weighted by Crippen LogP contribution is 2.23. The van der Waals surface area contributed by atoms with Gasteiger partial charge in [0.1, 0.15) is 0 Å². The summed E-state index contributed by atoms with van der Waals surface area (Å²) in [4.78, 5) is 16.6. The molecule has 1 aromatic heterocycles. The number of amides is 1. The lowest BCUT2D eigenvalue weighted by molar-refractivity contribution is 0.102. The molecule has 0 atom stereocenters. The summed E-state index contributed by atoms with van der Waals surface area (Å²) in [7, 11) is -3.94. The summed E-state index contributed by atoms with van der Waals surface area (Å²) < 4.78 is 25.4. The van der Waals surface area contributed by atoms with Gasteiger partial charge < -0.3 is 9.88 Å². The Morgan fingerprint density at radius 2 is 1.81 bits per heavy atom. The second-order valence-corrected chi connectivity index (χ2v) is 8.36. The average molecular weight is 449 g/mol. The predicted octanol–water partition coefficient (Wildman–Crippen LogP) is 3.15. The number of hydrogen-bond donors (Lipinski definition) is 2. The van der Waals surface area contributed by atoms with Gasteiger partial charge >= 0.3 is 0 Å². The van der Waals surface area contributed by atoms with Gasteiger partial charge in [-0.25, -0.2) is 18.5 Å². The van der Waals surface area contributed by atoms with Crippen LogP contribution in [0.4, 0.5) is 5.69 Å². The van der Waals surface area contributed by atoms with E-state index in [1.165, 1.54) is 18.2 Å². The Labute approximate surface area is 165 Å². The number of nitrogens with one attached hydrogen (secondary N) is 1. The minimum Gasteiger partial charge on any atom is -0.322 e. The molecule has 27 heavy (non-hydrogen) atoms. The Hall–Kier alpha value is -2.49. The van der Waals surface area contributed by atoms with E-state index < -0.39 is 15.9 Å². The molecule has 0 spiro atoms. The number of aryl methyl sites for hydroxylation is 1. The second kappa shape index (κ2) is 7.26. The largest absolute Gasteiger partial charge is 0.322 e. The highest BCUT2D eigenvalue weighted by molar-refractivity contribution is 9.10. The molecule has 1 heterocycles. The van der Waals surface area contributed by atoms with Crippen LogP contribution < -0.4 is 10.5 Å². The third-order valence-electron chi connectivity index (χ3n) is 4.16.